The van der Waals surface area contributed by atoms with E-state index in [2.05, 4.69) is 104 Å². The number of aliphatic hydroxyl groups is 1. The molecule has 2 N–H and O–H groups in total. The number of carbonyl (C=O) groups is 1. The van der Waals surface area contributed by atoms with Gasteiger partial charge >= 0.3 is 0 Å². The van der Waals surface area contributed by atoms with Gasteiger partial charge in [0.15, 0.2) is 0 Å². The normalized spacial score (nSPS) is 15.0. The van der Waals surface area contributed by atoms with Gasteiger partial charge in [0.2, 0.25) is 5.91 Å². The second-order valence-corrected chi connectivity index (χ2v) is 19.2. The zero-order valence-electron chi connectivity index (χ0n) is 41.4. The minimum absolute atomic E-state index is 0.0287. The SMILES string of the molecule is CC/C=C\C/C=C\C/C=C\C/C=C\C/C=C\C/C=C\CCC(=O)NC(COP(=O)([O-])OCC[N+](C)(C)C)C(O)/C=C/CC/C=C/CC/C=C/CCCCCCCCCCCCCCC. The maximum absolute atomic E-state index is 12.9. The van der Waals surface area contributed by atoms with Crippen molar-refractivity contribution >= 4 is 13.7 Å². The number of nitrogens with one attached hydrogen (secondary N) is 1. The largest absolute Gasteiger partial charge is 0.756 e. The Morgan fingerprint density at radius 3 is 1.44 bits per heavy atom. The molecule has 0 aromatic rings. The third kappa shape index (κ3) is 47.1. The van der Waals surface area contributed by atoms with Gasteiger partial charge in [-0.05, 0) is 83.5 Å². The number of amides is 1. The highest BCUT2D eigenvalue weighted by molar-refractivity contribution is 7.45. The number of carbonyl (C=O) groups excluding carboxylic acids is 1. The van der Waals surface area contributed by atoms with E-state index in [1.165, 1.54) is 89.9 Å². The lowest BCUT2D eigenvalue weighted by molar-refractivity contribution is -0.870. The summed E-state index contributed by atoms with van der Waals surface area (Å²) in [5.74, 6) is -0.298. The Bertz CT molecular complexity index is 1400. The molecule has 0 aliphatic carbocycles. The Kier molecular flexibility index (Phi) is 43.3. The monoisotopic (exact) mass is 911 g/mol. The molecular formula is C55H95N2O6P. The van der Waals surface area contributed by atoms with E-state index in [-0.39, 0.29) is 18.9 Å². The molecule has 0 fully saturated rings. The van der Waals surface area contributed by atoms with Gasteiger partial charge in [0.25, 0.3) is 7.82 Å². The molecule has 0 bridgehead atoms. The van der Waals surface area contributed by atoms with Gasteiger partial charge in [-0.15, -0.1) is 0 Å². The lowest BCUT2D eigenvalue weighted by Crippen LogP contribution is -2.45. The molecule has 0 rings (SSSR count). The van der Waals surface area contributed by atoms with E-state index >= 15 is 0 Å². The van der Waals surface area contributed by atoms with Crippen molar-refractivity contribution in [1.82, 2.24) is 5.32 Å². The number of rotatable bonds is 44. The van der Waals surface area contributed by atoms with Crippen molar-refractivity contribution in [2.24, 2.45) is 0 Å². The van der Waals surface area contributed by atoms with Crippen LogP contribution in [0, 0.1) is 0 Å². The van der Waals surface area contributed by atoms with Crippen LogP contribution in [0.1, 0.15) is 181 Å². The average molecular weight is 911 g/mol. The highest BCUT2D eigenvalue weighted by Crippen LogP contribution is 2.38. The number of unbranched alkanes of at least 4 members (excludes halogenated alkanes) is 15. The molecule has 0 radical (unpaired) electrons. The minimum atomic E-state index is -4.63. The summed E-state index contributed by atoms with van der Waals surface area (Å²) in [6.45, 7) is 4.43. The van der Waals surface area contributed by atoms with Crippen LogP contribution >= 0.6 is 7.82 Å². The van der Waals surface area contributed by atoms with Crippen LogP contribution in [-0.4, -0.2) is 68.5 Å². The first-order valence-electron chi connectivity index (χ1n) is 25.2. The van der Waals surface area contributed by atoms with Gasteiger partial charge in [0, 0.05) is 6.42 Å². The van der Waals surface area contributed by atoms with Gasteiger partial charge in [-0.3, -0.25) is 9.36 Å². The quantitative estimate of drug-likeness (QED) is 0.0273. The lowest BCUT2D eigenvalue weighted by Gasteiger charge is -2.29. The molecule has 3 unspecified atom stereocenters. The smallest absolute Gasteiger partial charge is 0.268 e. The van der Waals surface area contributed by atoms with E-state index in [1.807, 2.05) is 39.4 Å². The fourth-order valence-corrected chi connectivity index (χ4v) is 7.22. The zero-order chi connectivity index (χ0) is 47.1. The molecule has 1 amide bonds. The molecule has 0 aromatic carbocycles. The van der Waals surface area contributed by atoms with Crippen LogP contribution < -0.4 is 10.2 Å². The number of allylic oxidation sites excluding steroid dienone is 17. The summed E-state index contributed by atoms with van der Waals surface area (Å²) < 4.78 is 23.2. The first kappa shape index (κ1) is 61.2. The molecule has 8 nitrogen and oxygen atoms in total. The van der Waals surface area contributed by atoms with Crippen LogP contribution in [0.2, 0.25) is 0 Å². The number of aliphatic hydroxyl groups excluding tert-OH is 1. The van der Waals surface area contributed by atoms with Crippen molar-refractivity contribution in [2.45, 2.75) is 193 Å². The van der Waals surface area contributed by atoms with Crippen molar-refractivity contribution in [1.29, 1.82) is 0 Å². The molecule has 0 aromatic heterocycles. The predicted molar refractivity (Wildman–Crippen MR) is 274 cm³/mol. The van der Waals surface area contributed by atoms with Crippen LogP contribution in [0.15, 0.2) is 109 Å². The van der Waals surface area contributed by atoms with Gasteiger partial charge in [-0.1, -0.05) is 200 Å². The number of hydrogen-bond acceptors (Lipinski definition) is 6. The van der Waals surface area contributed by atoms with Gasteiger partial charge in [-0.2, -0.15) is 0 Å². The number of likely N-dealkylation sites (N-methyl/N-ethyl adjacent to an activating group) is 1. The highest BCUT2D eigenvalue weighted by Gasteiger charge is 2.23. The number of phosphoric ester groups is 1. The Morgan fingerprint density at radius 2 is 0.969 bits per heavy atom. The predicted octanol–water partition coefficient (Wildman–Crippen LogP) is 14.2. The Morgan fingerprint density at radius 1 is 0.562 bits per heavy atom. The summed E-state index contributed by atoms with van der Waals surface area (Å²) in [6.07, 6.45) is 66.0. The average Bonchev–Trinajstić information content (AvgIpc) is 3.25. The Hall–Kier alpha value is -2.84. The van der Waals surface area contributed by atoms with E-state index in [4.69, 9.17) is 9.05 Å². The standard InChI is InChI=1S/C55H95N2O6P/c1-6-8-10-12-14-16-18-20-22-24-26-27-28-29-31-32-34-36-38-40-42-44-46-48-54(58)53(52-63-64(60,61)62-51-50-57(3,4)5)56-55(59)49-47-45-43-41-39-37-35-33-30-25-23-21-19-17-15-13-11-9-7-2/h9,11,15,17,21,23,30-33,37-40,43,45-46,48,53-54,58H,6-8,10,12-14,16,18-20,22,24-29,34-36,41-42,44,47,49-52H2,1-5H3,(H-,56,59,60,61)/b11-9-,17-15-,23-21-,32-31+,33-30-,39-37-,40-38+,45-43-,48-46+. The van der Waals surface area contributed by atoms with Crippen molar-refractivity contribution in [3.05, 3.63) is 109 Å². The van der Waals surface area contributed by atoms with E-state index in [0.29, 0.717) is 23.9 Å². The van der Waals surface area contributed by atoms with Crippen LogP contribution in [0.3, 0.4) is 0 Å². The third-order valence-corrected chi connectivity index (χ3v) is 11.4. The van der Waals surface area contributed by atoms with Crippen molar-refractivity contribution in [3.63, 3.8) is 0 Å². The molecule has 366 valence electrons. The molecule has 0 aliphatic rings. The Balaban J connectivity index is 4.54. The van der Waals surface area contributed by atoms with Crippen LogP contribution in [-0.2, 0) is 18.4 Å². The maximum atomic E-state index is 12.9. The number of nitrogens with zero attached hydrogens (tertiary/aromatic N) is 1. The molecule has 0 saturated carbocycles. The number of phosphoric acid groups is 1. The topological polar surface area (TPSA) is 108 Å². The first-order valence-corrected chi connectivity index (χ1v) is 26.7. The summed E-state index contributed by atoms with van der Waals surface area (Å²) in [5.41, 5.74) is 0. The van der Waals surface area contributed by atoms with Gasteiger partial charge in [0.1, 0.15) is 13.2 Å². The van der Waals surface area contributed by atoms with Gasteiger partial charge in [0.05, 0.1) is 39.9 Å². The summed E-state index contributed by atoms with van der Waals surface area (Å²) >= 11 is 0. The van der Waals surface area contributed by atoms with Crippen LogP contribution in [0.5, 0.6) is 0 Å². The summed E-state index contributed by atoms with van der Waals surface area (Å²) in [5, 5.41) is 13.7. The van der Waals surface area contributed by atoms with Crippen molar-refractivity contribution < 1.29 is 32.9 Å². The molecule has 3 atom stereocenters. The van der Waals surface area contributed by atoms with E-state index in [0.717, 1.165) is 57.8 Å². The summed E-state index contributed by atoms with van der Waals surface area (Å²) in [4.78, 5) is 25.3. The third-order valence-electron chi connectivity index (χ3n) is 10.5. The lowest BCUT2D eigenvalue weighted by atomic mass is 10.0. The second-order valence-electron chi connectivity index (χ2n) is 17.8. The zero-order valence-corrected chi connectivity index (χ0v) is 42.3. The minimum Gasteiger partial charge on any atom is -0.756 e. The molecule has 0 spiro atoms. The molecule has 0 aliphatic heterocycles. The summed E-state index contributed by atoms with van der Waals surface area (Å²) in [6, 6.07) is -0.958. The van der Waals surface area contributed by atoms with Crippen LogP contribution in [0.25, 0.3) is 0 Å². The van der Waals surface area contributed by atoms with Crippen molar-refractivity contribution in [2.75, 3.05) is 40.9 Å². The Labute approximate surface area is 393 Å². The highest BCUT2D eigenvalue weighted by atomic mass is 31.2. The van der Waals surface area contributed by atoms with E-state index in [1.54, 1.807) is 6.08 Å². The second kappa shape index (κ2) is 45.3. The van der Waals surface area contributed by atoms with Crippen molar-refractivity contribution in [3.8, 4) is 0 Å². The molecular weight excluding hydrogens is 816 g/mol. The number of quaternary nitrogens is 1. The van der Waals surface area contributed by atoms with Crippen LogP contribution in [0.4, 0.5) is 0 Å². The van der Waals surface area contributed by atoms with Gasteiger partial charge in [-0.25, -0.2) is 0 Å². The molecule has 9 heteroatoms. The molecule has 0 saturated heterocycles. The first-order chi connectivity index (χ1) is 31.0. The maximum Gasteiger partial charge on any atom is 0.268 e. The molecule has 64 heavy (non-hydrogen) atoms. The van der Waals surface area contributed by atoms with E-state index in [9.17, 15) is 19.4 Å². The molecule has 0 heterocycles. The summed E-state index contributed by atoms with van der Waals surface area (Å²) in [7, 11) is 1.17. The van der Waals surface area contributed by atoms with E-state index < -0.39 is 26.6 Å². The fourth-order valence-electron chi connectivity index (χ4n) is 6.50. The van der Waals surface area contributed by atoms with Gasteiger partial charge < -0.3 is 28.8 Å². The fraction of sp³-hybridized carbons (Fsp3) is 0.655. The number of hydrogen-bond donors (Lipinski definition) is 2.